The lowest BCUT2D eigenvalue weighted by atomic mass is 9.84. The second kappa shape index (κ2) is 8.39. The Balaban J connectivity index is 1.89. The number of allylic oxidation sites excluding steroid dienone is 1. The topological polar surface area (TPSA) is 64.6 Å². The SMILES string of the molecule is COc1ccccc1[C@@H]1CC(=O)NC(C)=C1C(=O)OC1CCCCCC1. The first-order valence-electron chi connectivity index (χ1n) is 9.44. The first-order chi connectivity index (χ1) is 12.6. The number of ether oxygens (including phenoxy) is 2. The molecule has 1 aromatic carbocycles. The molecule has 1 aliphatic carbocycles. The Labute approximate surface area is 154 Å². The van der Waals surface area contributed by atoms with Crippen LogP contribution in [0.25, 0.3) is 0 Å². The Bertz CT molecular complexity index is 702. The fraction of sp³-hybridized carbons (Fsp3) is 0.524. The van der Waals surface area contributed by atoms with Crippen LogP contribution in [0.5, 0.6) is 5.75 Å². The largest absolute Gasteiger partial charge is 0.496 e. The van der Waals surface area contributed by atoms with E-state index in [1.807, 2.05) is 24.3 Å². The zero-order chi connectivity index (χ0) is 18.5. The first-order valence-corrected chi connectivity index (χ1v) is 9.44. The minimum atomic E-state index is -0.349. The minimum Gasteiger partial charge on any atom is -0.496 e. The van der Waals surface area contributed by atoms with Crippen LogP contribution >= 0.6 is 0 Å². The van der Waals surface area contributed by atoms with Gasteiger partial charge in [-0.2, -0.15) is 0 Å². The molecule has 1 atom stereocenters. The number of para-hydroxylation sites is 1. The molecule has 1 fully saturated rings. The molecular weight excluding hydrogens is 330 g/mol. The molecule has 0 spiro atoms. The van der Waals surface area contributed by atoms with E-state index >= 15 is 0 Å². The fourth-order valence-corrected chi connectivity index (χ4v) is 3.97. The molecule has 1 amide bonds. The van der Waals surface area contributed by atoms with E-state index in [-0.39, 0.29) is 30.3 Å². The van der Waals surface area contributed by atoms with Gasteiger partial charge in [0.15, 0.2) is 0 Å². The molecule has 2 aliphatic rings. The van der Waals surface area contributed by atoms with Crippen LogP contribution in [-0.4, -0.2) is 25.1 Å². The maximum absolute atomic E-state index is 13.0. The molecule has 0 bridgehead atoms. The lowest BCUT2D eigenvalue weighted by Gasteiger charge is -2.28. The molecule has 5 heteroatoms. The summed E-state index contributed by atoms with van der Waals surface area (Å²) in [5.74, 6) is -0.0762. The summed E-state index contributed by atoms with van der Waals surface area (Å²) in [6.45, 7) is 1.77. The molecule has 1 aliphatic heterocycles. The summed E-state index contributed by atoms with van der Waals surface area (Å²) in [5.41, 5.74) is 1.96. The predicted octanol–water partition coefficient (Wildman–Crippen LogP) is 3.84. The maximum atomic E-state index is 13.0. The number of methoxy groups -OCH3 is 1. The Morgan fingerprint density at radius 2 is 1.81 bits per heavy atom. The molecular formula is C21H27NO4. The van der Waals surface area contributed by atoms with Gasteiger partial charge in [-0.3, -0.25) is 4.79 Å². The third-order valence-corrected chi connectivity index (χ3v) is 5.28. The number of carbonyl (C=O) groups is 2. The summed E-state index contributed by atoms with van der Waals surface area (Å²) in [6.07, 6.45) is 6.64. The van der Waals surface area contributed by atoms with Gasteiger partial charge in [0.2, 0.25) is 5.91 Å². The van der Waals surface area contributed by atoms with Gasteiger partial charge >= 0.3 is 5.97 Å². The summed E-state index contributed by atoms with van der Waals surface area (Å²) in [6, 6.07) is 7.54. The fourth-order valence-electron chi connectivity index (χ4n) is 3.97. The van der Waals surface area contributed by atoms with Crippen LogP contribution in [-0.2, 0) is 14.3 Å². The van der Waals surface area contributed by atoms with Gasteiger partial charge in [-0.1, -0.05) is 31.0 Å². The van der Waals surface area contributed by atoms with Gasteiger partial charge in [-0.25, -0.2) is 4.79 Å². The second-order valence-corrected chi connectivity index (χ2v) is 7.10. The van der Waals surface area contributed by atoms with Crippen molar-refractivity contribution >= 4 is 11.9 Å². The van der Waals surface area contributed by atoms with Crippen LogP contribution in [0.3, 0.4) is 0 Å². The lowest BCUT2D eigenvalue weighted by Crippen LogP contribution is -2.35. The van der Waals surface area contributed by atoms with Crippen LogP contribution in [0.2, 0.25) is 0 Å². The van der Waals surface area contributed by atoms with Crippen molar-refractivity contribution in [3.63, 3.8) is 0 Å². The standard InChI is InChI=1S/C21H27NO4/c1-14-20(21(24)26-15-9-5-3-4-6-10-15)17(13-19(23)22-14)16-11-7-8-12-18(16)25-2/h7-8,11-12,15,17H,3-6,9-10,13H2,1-2H3,(H,22,23)/t17-/m0/s1. The van der Waals surface area contributed by atoms with Crippen molar-refractivity contribution in [3.8, 4) is 5.75 Å². The Morgan fingerprint density at radius 3 is 2.50 bits per heavy atom. The third-order valence-electron chi connectivity index (χ3n) is 5.28. The van der Waals surface area contributed by atoms with Gasteiger partial charge in [0.1, 0.15) is 11.9 Å². The van der Waals surface area contributed by atoms with Crippen LogP contribution in [0.15, 0.2) is 35.5 Å². The van der Waals surface area contributed by atoms with Crippen LogP contribution in [0, 0.1) is 0 Å². The quantitative estimate of drug-likeness (QED) is 0.657. The molecule has 140 valence electrons. The number of amides is 1. The molecule has 1 heterocycles. The van der Waals surface area contributed by atoms with Crippen molar-refractivity contribution < 1.29 is 19.1 Å². The van der Waals surface area contributed by atoms with Crippen LogP contribution < -0.4 is 10.1 Å². The van der Waals surface area contributed by atoms with Gasteiger partial charge in [-0.05, 0) is 38.7 Å². The smallest absolute Gasteiger partial charge is 0.336 e. The van der Waals surface area contributed by atoms with Crippen molar-refractivity contribution in [2.45, 2.75) is 63.9 Å². The van der Waals surface area contributed by atoms with Crippen molar-refractivity contribution in [2.24, 2.45) is 0 Å². The van der Waals surface area contributed by atoms with Gasteiger partial charge in [0, 0.05) is 23.6 Å². The van der Waals surface area contributed by atoms with E-state index in [1.54, 1.807) is 14.0 Å². The van der Waals surface area contributed by atoms with Gasteiger partial charge in [0.25, 0.3) is 0 Å². The Hall–Kier alpha value is -2.30. The Morgan fingerprint density at radius 1 is 1.12 bits per heavy atom. The molecule has 0 saturated heterocycles. The maximum Gasteiger partial charge on any atom is 0.336 e. The summed E-state index contributed by atoms with van der Waals surface area (Å²) < 4.78 is 11.3. The monoisotopic (exact) mass is 357 g/mol. The van der Waals surface area contributed by atoms with E-state index in [9.17, 15) is 9.59 Å². The molecule has 5 nitrogen and oxygen atoms in total. The van der Waals surface area contributed by atoms with Gasteiger partial charge in [0.05, 0.1) is 12.7 Å². The van der Waals surface area contributed by atoms with E-state index in [0.717, 1.165) is 31.2 Å². The molecule has 1 aromatic rings. The summed E-state index contributed by atoms with van der Waals surface area (Å²) in [7, 11) is 1.60. The first kappa shape index (κ1) is 18.5. The highest BCUT2D eigenvalue weighted by Crippen LogP contribution is 2.38. The van der Waals surface area contributed by atoms with Crippen molar-refractivity contribution in [2.75, 3.05) is 7.11 Å². The van der Waals surface area contributed by atoms with Gasteiger partial charge in [-0.15, -0.1) is 0 Å². The zero-order valence-corrected chi connectivity index (χ0v) is 15.5. The molecule has 0 aromatic heterocycles. The van der Waals surface area contributed by atoms with E-state index in [4.69, 9.17) is 9.47 Å². The van der Waals surface area contributed by atoms with Crippen LogP contribution in [0.1, 0.15) is 63.4 Å². The number of nitrogens with one attached hydrogen (secondary N) is 1. The third kappa shape index (κ3) is 4.09. The number of carbonyl (C=O) groups excluding carboxylic acids is 2. The van der Waals surface area contributed by atoms with Crippen molar-refractivity contribution in [1.82, 2.24) is 5.32 Å². The molecule has 0 radical (unpaired) electrons. The second-order valence-electron chi connectivity index (χ2n) is 7.10. The number of benzene rings is 1. The van der Waals surface area contributed by atoms with Crippen LogP contribution in [0.4, 0.5) is 0 Å². The number of esters is 1. The van der Waals surface area contributed by atoms with E-state index in [0.29, 0.717) is 17.0 Å². The highest BCUT2D eigenvalue weighted by Gasteiger charge is 2.35. The molecule has 1 saturated carbocycles. The van der Waals surface area contributed by atoms with Crippen molar-refractivity contribution in [3.05, 3.63) is 41.1 Å². The highest BCUT2D eigenvalue weighted by molar-refractivity contribution is 5.96. The summed E-state index contributed by atoms with van der Waals surface area (Å²) >= 11 is 0. The average Bonchev–Trinajstić information content (AvgIpc) is 2.89. The molecule has 1 N–H and O–H groups in total. The summed E-state index contributed by atoms with van der Waals surface area (Å²) in [4.78, 5) is 25.1. The zero-order valence-electron chi connectivity index (χ0n) is 15.5. The minimum absolute atomic E-state index is 0.0266. The highest BCUT2D eigenvalue weighted by atomic mass is 16.5. The van der Waals surface area contributed by atoms with E-state index < -0.39 is 0 Å². The predicted molar refractivity (Wildman–Crippen MR) is 98.8 cm³/mol. The van der Waals surface area contributed by atoms with Gasteiger partial charge < -0.3 is 14.8 Å². The number of hydrogen-bond donors (Lipinski definition) is 1. The van der Waals surface area contributed by atoms with Crippen molar-refractivity contribution in [1.29, 1.82) is 0 Å². The lowest BCUT2D eigenvalue weighted by molar-refractivity contribution is -0.145. The molecule has 3 rings (SSSR count). The number of hydrogen-bond acceptors (Lipinski definition) is 4. The Kier molecular flexibility index (Phi) is 5.96. The summed E-state index contributed by atoms with van der Waals surface area (Å²) in [5, 5.41) is 2.80. The molecule has 26 heavy (non-hydrogen) atoms. The molecule has 0 unspecified atom stereocenters. The average molecular weight is 357 g/mol. The normalized spacial score (nSPS) is 21.8. The van der Waals surface area contributed by atoms with E-state index in [1.165, 1.54) is 12.8 Å². The van der Waals surface area contributed by atoms with E-state index in [2.05, 4.69) is 5.32 Å². The number of rotatable bonds is 4.